The summed E-state index contributed by atoms with van der Waals surface area (Å²) in [6.07, 6.45) is 1.93. The molecule has 5 heteroatoms. The van der Waals surface area contributed by atoms with Crippen molar-refractivity contribution in [2.24, 2.45) is 5.92 Å². The lowest BCUT2D eigenvalue weighted by Gasteiger charge is -2.19. The second kappa shape index (κ2) is 9.40. The quantitative estimate of drug-likeness (QED) is 0.444. The van der Waals surface area contributed by atoms with Crippen molar-refractivity contribution >= 4 is 35.0 Å². The van der Waals surface area contributed by atoms with E-state index in [2.05, 4.69) is 10.6 Å². The Morgan fingerprint density at radius 2 is 1.65 bits per heavy atom. The van der Waals surface area contributed by atoms with Gasteiger partial charge in [-0.05, 0) is 67.6 Å². The van der Waals surface area contributed by atoms with Crippen LogP contribution in [0.15, 0.2) is 77.7 Å². The molecule has 0 radical (unpaired) electrons. The van der Waals surface area contributed by atoms with Gasteiger partial charge in [0.1, 0.15) is 5.25 Å². The summed E-state index contributed by atoms with van der Waals surface area (Å²) >= 11 is 1.48. The number of hydrogen-bond acceptors (Lipinski definition) is 3. The van der Waals surface area contributed by atoms with Crippen molar-refractivity contribution in [2.75, 3.05) is 10.6 Å². The zero-order chi connectivity index (χ0) is 21.8. The number of amides is 2. The highest BCUT2D eigenvalue weighted by molar-refractivity contribution is 8.00. The SMILES string of the molecule is Cc1cccc(NC(=O)C(Sc2cccc(NC(=O)C3CC3)c2)c2ccccc2)c1C. The van der Waals surface area contributed by atoms with Gasteiger partial charge in [0.15, 0.2) is 0 Å². The van der Waals surface area contributed by atoms with E-state index in [1.165, 1.54) is 11.8 Å². The average molecular weight is 431 g/mol. The first-order valence-electron chi connectivity index (χ1n) is 10.5. The van der Waals surface area contributed by atoms with Crippen LogP contribution >= 0.6 is 11.8 Å². The largest absolute Gasteiger partial charge is 0.326 e. The maximum absolute atomic E-state index is 13.3. The molecule has 1 aliphatic carbocycles. The third-order valence-electron chi connectivity index (χ3n) is 5.51. The first-order valence-corrected chi connectivity index (χ1v) is 11.4. The highest BCUT2D eigenvalue weighted by Gasteiger charge is 2.29. The van der Waals surface area contributed by atoms with Gasteiger partial charge in [0.05, 0.1) is 0 Å². The van der Waals surface area contributed by atoms with Crippen LogP contribution in [0.25, 0.3) is 0 Å². The van der Waals surface area contributed by atoms with Crippen molar-refractivity contribution in [1.29, 1.82) is 0 Å². The highest BCUT2D eigenvalue weighted by atomic mass is 32.2. The van der Waals surface area contributed by atoms with Crippen molar-refractivity contribution in [3.8, 4) is 0 Å². The van der Waals surface area contributed by atoms with Gasteiger partial charge < -0.3 is 10.6 Å². The molecule has 0 aromatic heterocycles. The molecule has 0 bridgehead atoms. The van der Waals surface area contributed by atoms with Crippen LogP contribution in [-0.4, -0.2) is 11.8 Å². The van der Waals surface area contributed by atoms with Crippen molar-refractivity contribution in [1.82, 2.24) is 0 Å². The van der Waals surface area contributed by atoms with Crippen molar-refractivity contribution in [3.05, 3.63) is 89.5 Å². The fourth-order valence-electron chi connectivity index (χ4n) is 3.36. The zero-order valence-electron chi connectivity index (χ0n) is 17.7. The molecule has 0 saturated heterocycles. The number of anilines is 2. The van der Waals surface area contributed by atoms with Gasteiger partial charge in [-0.25, -0.2) is 0 Å². The van der Waals surface area contributed by atoms with Crippen LogP contribution in [0, 0.1) is 19.8 Å². The van der Waals surface area contributed by atoms with Crippen LogP contribution in [0.4, 0.5) is 11.4 Å². The summed E-state index contributed by atoms with van der Waals surface area (Å²) < 4.78 is 0. The van der Waals surface area contributed by atoms with Crippen molar-refractivity contribution < 1.29 is 9.59 Å². The van der Waals surface area contributed by atoms with Crippen LogP contribution in [0.1, 0.15) is 34.8 Å². The Morgan fingerprint density at radius 1 is 0.903 bits per heavy atom. The Kier molecular flexibility index (Phi) is 6.42. The maximum atomic E-state index is 13.3. The number of hydrogen-bond donors (Lipinski definition) is 2. The predicted octanol–water partition coefficient (Wildman–Crippen LogP) is 6.12. The Morgan fingerprint density at radius 3 is 2.39 bits per heavy atom. The van der Waals surface area contributed by atoms with Gasteiger partial charge >= 0.3 is 0 Å². The number of carbonyl (C=O) groups excluding carboxylic acids is 2. The number of aryl methyl sites for hydroxylation is 1. The van der Waals surface area contributed by atoms with E-state index >= 15 is 0 Å². The molecule has 0 spiro atoms. The number of carbonyl (C=O) groups is 2. The summed E-state index contributed by atoms with van der Waals surface area (Å²) in [5, 5.41) is 5.68. The van der Waals surface area contributed by atoms with Gasteiger partial charge in [-0.2, -0.15) is 0 Å². The Balaban J connectivity index is 1.56. The molecule has 4 rings (SSSR count). The summed E-state index contributed by atoms with van der Waals surface area (Å²) in [4.78, 5) is 26.4. The average Bonchev–Trinajstić information content (AvgIpc) is 3.62. The number of thioether (sulfide) groups is 1. The van der Waals surface area contributed by atoms with Gasteiger partial charge in [-0.15, -0.1) is 11.8 Å². The minimum absolute atomic E-state index is 0.0719. The fraction of sp³-hybridized carbons (Fsp3) is 0.231. The normalized spacial score (nSPS) is 14.0. The molecule has 2 amide bonds. The van der Waals surface area contributed by atoms with Gasteiger partial charge in [0.25, 0.3) is 0 Å². The van der Waals surface area contributed by atoms with E-state index < -0.39 is 5.25 Å². The molecule has 31 heavy (non-hydrogen) atoms. The first-order chi connectivity index (χ1) is 15.0. The first kappa shape index (κ1) is 21.2. The molecule has 1 saturated carbocycles. The summed E-state index contributed by atoms with van der Waals surface area (Å²) in [5.41, 5.74) is 4.74. The van der Waals surface area contributed by atoms with Crippen molar-refractivity contribution in [3.63, 3.8) is 0 Å². The summed E-state index contributed by atoms with van der Waals surface area (Å²) in [6.45, 7) is 4.05. The van der Waals surface area contributed by atoms with E-state index in [-0.39, 0.29) is 17.7 Å². The second-order valence-electron chi connectivity index (χ2n) is 7.94. The summed E-state index contributed by atoms with van der Waals surface area (Å²) in [6, 6.07) is 23.4. The molecule has 1 unspecified atom stereocenters. The van der Waals surface area contributed by atoms with E-state index in [1.54, 1.807) is 0 Å². The van der Waals surface area contributed by atoms with Gasteiger partial charge in [-0.1, -0.05) is 48.5 Å². The molecule has 2 N–H and O–H groups in total. The Hall–Kier alpha value is -3.05. The molecule has 0 aliphatic heterocycles. The minimum Gasteiger partial charge on any atom is -0.326 e. The molecule has 1 aliphatic rings. The topological polar surface area (TPSA) is 58.2 Å². The van der Waals surface area contributed by atoms with Crippen LogP contribution in [0.3, 0.4) is 0 Å². The fourth-order valence-corrected chi connectivity index (χ4v) is 4.44. The molecule has 3 aromatic carbocycles. The van der Waals surface area contributed by atoms with E-state index in [0.29, 0.717) is 0 Å². The monoisotopic (exact) mass is 430 g/mol. The molecule has 1 atom stereocenters. The number of rotatable bonds is 7. The van der Waals surface area contributed by atoms with Gasteiger partial charge in [-0.3, -0.25) is 9.59 Å². The Bertz CT molecular complexity index is 1090. The number of benzene rings is 3. The maximum Gasteiger partial charge on any atom is 0.242 e. The smallest absolute Gasteiger partial charge is 0.242 e. The van der Waals surface area contributed by atoms with Crippen LogP contribution < -0.4 is 10.6 Å². The van der Waals surface area contributed by atoms with E-state index in [4.69, 9.17) is 0 Å². The lowest BCUT2D eigenvalue weighted by atomic mass is 10.1. The zero-order valence-corrected chi connectivity index (χ0v) is 18.5. The van der Waals surface area contributed by atoms with Crippen LogP contribution in [0.2, 0.25) is 0 Å². The van der Waals surface area contributed by atoms with Crippen molar-refractivity contribution in [2.45, 2.75) is 36.8 Å². The molecule has 0 heterocycles. The molecular weight excluding hydrogens is 404 g/mol. The van der Waals surface area contributed by atoms with Crippen LogP contribution in [-0.2, 0) is 9.59 Å². The third-order valence-corrected chi connectivity index (χ3v) is 6.75. The Labute approximate surface area is 187 Å². The minimum atomic E-state index is -0.421. The van der Waals surface area contributed by atoms with Crippen LogP contribution in [0.5, 0.6) is 0 Å². The standard InChI is InChI=1S/C26H26N2O2S/c1-17-8-6-13-23(18(17)2)28-26(30)24(19-9-4-3-5-10-19)31-22-12-7-11-21(16-22)27-25(29)20-14-15-20/h3-13,16,20,24H,14-15H2,1-2H3,(H,27,29)(H,28,30). The second-order valence-corrected chi connectivity index (χ2v) is 9.12. The lowest BCUT2D eigenvalue weighted by Crippen LogP contribution is -2.19. The molecule has 3 aromatic rings. The summed E-state index contributed by atoms with van der Waals surface area (Å²) in [5.74, 6) is 0.156. The third kappa shape index (κ3) is 5.36. The molecular formula is C26H26N2O2S. The predicted molar refractivity (Wildman–Crippen MR) is 127 cm³/mol. The lowest BCUT2D eigenvalue weighted by molar-refractivity contribution is -0.117. The highest BCUT2D eigenvalue weighted by Crippen LogP contribution is 2.38. The van der Waals surface area contributed by atoms with E-state index in [9.17, 15) is 9.59 Å². The van der Waals surface area contributed by atoms with Gasteiger partial charge in [0, 0.05) is 22.2 Å². The molecule has 4 nitrogen and oxygen atoms in total. The molecule has 158 valence electrons. The summed E-state index contributed by atoms with van der Waals surface area (Å²) in [7, 11) is 0. The number of nitrogens with one attached hydrogen (secondary N) is 2. The van der Waals surface area contributed by atoms with E-state index in [1.807, 2.05) is 86.6 Å². The van der Waals surface area contributed by atoms with E-state index in [0.717, 1.165) is 45.8 Å². The van der Waals surface area contributed by atoms with Gasteiger partial charge in [0.2, 0.25) is 11.8 Å². The molecule has 1 fully saturated rings.